The number of ether oxygens (including phenoxy) is 1. The molecule has 0 radical (unpaired) electrons. The fraction of sp³-hybridized carbons (Fsp3) is 0.800. The first-order chi connectivity index (χ1) is 9.93. The molecule has 1 heterocycles. The molecule has 0 amide bonds. The van der Waals surface area contributed by atoms with Gasteiger partial charge in [0.1, 0.15) is 0 Å². The van der Waals surface area contributed by atoms with Gasteiger partial charge in [0.05, 0.1) is 27.5 Å². The Hall–Kier alpha value is -0.430. The first-order valence-electron chi connectivity index (χ1n) is 7.62. The maximum atomic E-state index is 5.95. The van der Waals surface area contributed by atoms with Crippen LogP contribution in [0.5, 0.6) is 0 Å². The molecule has 1 fully saturated rings. The van der Waals surface area contributed by atoms with E-state index in [1.54, 1.807) is 0 Å². The highest BCUT2D eigenvalue weighted by Crippen LogP contribution is 2.38. The van der Waals surface area contributed by atoms with E-state index >= 15 is 0 Å². The quantitative estimate of drug-likeness (QED) is 0.626. The van der Waals surface area contributed by atoms with E-state index in [0.717, 1.165) is 41.0 Å². The minimum absolute atomic E-state index is 0.0844. The zero-order valence-corrected chi connectivity index (χ0v) is 15.0. The highest BCUT2D eigenvalue weighted by Gasteiger charge is 2.41. The summed E-state index contributed by atoms with van der Waals surface area (Å²) in [6, 6.07) is 0.0844. The molecule has 1 aliphatic rings. The van der Waals surface area contributed by atoms with Crippen LogP contribution < -0.4 is 11.3 Å². The molecule has 0 spiro atoms. The van der Waals surface area contributed by atoms with Gasteiger partial charge in [0.25, 0.3) is 0 Å². The Labute approximate surface area is 135 Å². The van der Waals surface area contributed by atoms with Crippen LogP contribution >= 0.6 is 15.9 Å². The lowest BCUT2D eigenvalue weighted by molar-refractivity contribution is -0.0750. The van der Waals surface area contributed by atoms with Crippen molar-refractivity contribution in [3.63, 3.8) is 0 Å². The normalized spacial score (nSPS) is 27.8. The SMILES string of the molecule is COC1(C(Cc2c(Br)c(C)nn2C)NN)CCC(C)CC1. The van der Waals surface area contributed by atoms with Gasteiger partial charge in [-0.2, -0.15) is 5.10 Å². The molecule has 21 heavy (non-hydrogen) atoms. The van der Waals surface area contributed by atoms with Crippen LogP contribution in [0.3, 0.4) is 0 Å². The molecular formula is C15H27BrN4O. The number of nitrogens with two attached hydrogens (primary N) is 1. The van der Waals surface area contributed by atoms with Crippen molar-refractivity contribution in [2.75, 3.05) is 7.11 Å². The van der Waals surface area contributed by atoms with Crippen LogP contribution in [0.1, 0.15) is 44.0 Å². The standard InChI is InChI=1S/C15H27BrN4O/c1-10-5-7-15(21-4,8-6-10)13(18-17)9-12-14(16)11(2)19-20(12)3/h10,13,18H,5-9,17H2,1-4H3. The minimum atomic E-state index is -0.182. The molecule has 6 heteroatoms. The topological polar surface area (TPSA) is 65.1 Å². The molecule has 0 aliphatic heterocycles. The summed E-state index contributed by atoms with van der Waals surface area (Å²) >= 11 is 3.64. The molecule has 1 aromatic rings. The maximum absolute atomic E-state index is 5.95. The Morgan fingerprint density at radius 1 is 1.52 bits per heavy atom. The van der Waals surface area contributed by atoms with Gasteiger partial charge in [0.2, 0.25) is 0 Å². The molecule has 3 N–H and O–H groups in total. The molecule has 1 aliphatic carbocycles. The summed E-state index contributed by atoms with van der Waals surface area (Å²) in [4.78, 5) is 0. The van der Waals surface area contributed by atoms with Crippen LogP contribution in [0.2, 0.25) is 0 Å². The van der Waals surface area contributed by atoms with Crippen molar-refractivity contribution >= 4 is 15.9 Å². The number of aryl methyl sites for hydroxylation is 2. The van der Waals surface area contributed by atoms with E-state index < -0.39 is 0 Å². The number of hydrogen-bond acceptors (Lipinski definition) is 4. The van der Waals surface area contributed by atoms with Gasteiger partial charge in [0.15, 0.2) is 0 Å². The number of nitrogens with zero attached hydrogens (tertiary/aromatic N) is 2. The van der Waals surface area contributed by atoms with Crippen molar-refractivity contribution in [1.29, 1.82) is 0 Å². The zero-order chi connectivity index (χ0) is 15.6. The molecule has 2 rings (SSSR count). The largest absolute Gasteiger partial charge is 0.377 e. The summed E-state index contributed by atoms with van der Waals surface area (Å²) in [7, 11) is 3.78. The lowest BCUT2D eigenvalue weighted by Crippen LogP contribution is -2.57. The Balaban J connectivity index is 2.22. The average Bonchev–Trinajstić information content (AvgIpc) is 2.72. The summed E-state index contributed by atoms with van der Waals surface area (Å²) in [6.45, 7) is 4.32. The highest BCUT2D eigenvalue weighted by molar-refractivity contribution is 9.10. The van der Waals surface area contributed by atoms with E-state index in [1.165, 1.54) is 12.8 Å². The molecule has 1 saturated carbocycles. The van der Waals surface area contributed by atoms with Crippen LogP contribution in [-0.4, -0.2) is 28.5 Å². The van der Waals surface area contributed by atoms with Crippen molar-refractivity contribution in [3.8, 4) is 0 Å². The average molecular weight is 359 g/mol. The monoisotopic (exact) mass is 358 g/mol. The summed E-state index contributed by atoms with van der Waals surface area (Å²) in [5, 5.41) is 4.46. The van der Waals surface area contributed by atoms with E-state index in [2.05, 4.69) is 33.4 Å². The molecule has 0 aromatic carbocycles. The third-order valence-corrected chi connectivity index (χ3v) is 6.05. The van der Waals surface area contributed by atoms with Crippen LogP contribution in [0.4, 0.5) is 0 Å². The van der Waals surface area contributed by atoms with Crippen LogP contribution in [0.25, 0.3) is 0 Å². The van der Waals surface area contributed by atoms with Crippen LogP contribution in [0, 0.1) is 12.8 Å². The van der Waals surface area contributed by atoms with Crippen LogP contribution in [-0.2, 0) is 18.2 Å². The smallest absolute Gasteiger partial charge is 0.0848 e. The van der Waals surface area contributed by atoms with Gasteiger partial charge in [0, 0.05) is 20.6 Å². The zero-order valence-electron chi connectivity index (χ0n) is 13.4. The van der Waals surface area contributed by atoms with Crippen LogP contribution in [0.15, 0.2) is 4.47 Å². The number of methoxy groups -OCH3 is 1. The van der Waals surface area contributed by atoms with Gasteiger partial charge in [-0.05, 0) is 54.5 Å². The van der Waals surface area contributed by atoms with E-state index in [1.807, 2.05) is 25.8 Å². The maximum Gasteiger partial charge on any atom is 0.0848 e. The Kier molecular flexibility index (Phi) is 5.46. The molecule has 0 bridgehead atoms. The third-order valence-electron chi connectivity index (χ3n) is 5.02. The van der Waals surface area contributed by atoms with E-state index in [9.17, 15) is 0 Å². The molecule has 1 unspecified atom stereocenters. The van der Waals surface area contributed by atoms with Crippen molar-refractivity contribution in [1.82, 2.24) is 15.2 Å². The lowest BCUT2D eigenvalue weighted by Gasteiger charge is -2.43. The molecule has 1 atom stereocenters. The fourth-order valence-corrected chi connectivity index (χ4v) is 3.94. The second kappa shape index (κ2) is 6.77. The third kappa shape index (κ3) is 3.33. The molecule has 5 nitrogen and oxygen atoms in total. The summed E-state index contributed by atoms with van der Waals surface area (Å²) in [5.74, 6) is 6.65. The Bertz CT molecular complexity index is 480. The highest BCUT2D eigenvalue weighted by atomic mass is 79.9. The van der Waals surface area contributed by atoms with Gasteiger partial charge >= 0.3 is 0 Å². The number of rotatable bonds is 5. The molecule has 0 saturated heterocycles. The van der Waals surface area contributed by atoms with Gasteiger partial charge in [-0.3, -0.25) is 16.0 Å². The minimum Gasteiger partial charge on any atom is -0.377 e. The van der Waals surface area contributed by atoms with Crippen molar-refractivity contribution < 1.29 is 4.74 Å². The summed E-state index contributed by atoms with van der Waals surface area (Å²) in [6.07, 6.45) is 5.29. The second-order valence-corrected chi connectivity index (χ2v) is 7.14. The fourth-order valence-electron chi connectivity index (χ4n) is 3.44. The van der Waals surface area contributed by atoms with Crippen molar-refractivity contribution in [2.24, 2.45) is 18.8 Å². The predicted molar refractivity (Wildman–Crippen MR) is 87.8 cm³/mol. The number of hydrazine groups is 1. The predicted octanol–water partition coefficient (Wildman–Crippen LogP) is 2.46. The summed E-state index contributed by atoms with van der Waals surface area (Å²) in [5.41, 5.74) is 4.99. The van der Waals surface area contributed by atoms with Crippen molar-refractivity contribution in [3.05, 3.63) is 15.9 Å². The molecular weight excluding hydrogens is 332 g/mol. The van der Waals surface area contributed by atoms with Gasteiger partial charge in [-0.1, -0.05) is 6.92 Å². The van der Waals surface area contributed by atoms with Gasteiger partial charge < -0.3 is 4.74 Å². The number of nitrogens with one attached hydrogen (secondary N) is 1. The van der Waals surface area contributed by atoms with E-state index in [0.29, 0.717) is 0 Å². The number of hydrogen-bond donors (Lipinski definition) is 2. The number of aromatic nitrogens is 2. The summed E-state index contributed by atoms with van der Waals surface area (Å²) < 4.78 is 8.95. The first-order valence-corrected chi connectivity index (χ1v) is 8.42. The second-order valence-electron chi connectivity index (χ2n) is 6.34. The van der Waals surface area contributed by atoms with Gasteiger partial charge in [-0.25, -0.2) is 0 Å². The van der Waals surface area contributed by atoms with E-state index in [-0.39, 0.29) is 11.6 Å². The van der Waals surface area contributed by atoms with Gasteiger partial charge in [-0.15, -0.1) is 0 Å². The van der Waals surface area contributed by atoms with E-state index in [4.69, 9.17) is 10.6 Å². The molecule has 120 valence electrons. The first kappa shape index (κ1) is 16.9. The Morgan fingerprint density at radius 2 is 2.14 bits per heavy atom. The lowest BCUT2D eigenvalue weighted by atomic mass is 9.74. The number of halogens is 1. The molecule has 1 aromatic heterocycles. The van der Waals surface area contributed by atoms with Crippen molar-refractivity contribution in [2.45, 2.75) is 57.6 Å². The Morgan fingerprint density at radius 3 is 2.57 bits per heavy atom.